The second-order valence-electron chi connectivity index (χ2n) is 7.86. The second kappa shape index (κ2) is 8.23. The number of phenols is 1. The molecular weight excluding hydrogens is 350 g/mol. The molecule has 0 unspecified atom stereocenters. The molecule has 2 aromatic carbocycles. The van der Waals surface area contributed by atoms with Gasteiger partial charge in [-0.3, -0.25) is 9.69 Å². The first-order valence-electron chi connectivity index (χ1n) is 10.2. The van der Waals surface area contributed by atoms with Crippen LogP contribution >= 0.6 is 0 Å². The Bertz CT molecular complexity index is 830. The minimum Gasteiger partial charge on any atom is -0.506 e. The van der Waals surface area contributed by atoms with E-state index in [0.717, 1.165) is 51.1 Å². The number of benzene rings is 2. The molecule has 4 rings (SSSR count). The van der Waals surface area contributed by atoms with Crippen molar-refractivity contribution in [3.8, 4) is 5.75 Å². The standard InChI is InChI=1S/C23H29N3O2/c1-24(20-11-6-8-18-7-2-3-9-19(18)20)23(28)17-25-13-15-26(16-14-25)21-10-4-5-12-22(21)27/h2-5,7,9-10,12,20,27H,6,8,11,13-17H2,1H3/t20-/m1/s1. The largest absolute Gasteiger partial charge is 0.506 e. The lowest BCUT2D eigenvalue weighted by Crippen LogP contribution is -2.50. The SMILES string of the molecule is CN(C(=O)CN1CCN(c2ccccc2O)CC1)[C@@H]1CCCc2ccccc21. The van der Waals surface area contributed by atoms with Crippen molar-refractivity contribution in [2.75, 3.05) is 44.7 Å². The number of aromatic hydroxyl groups is 1. The zero-order valence-corrected chi connectivity index (χ0v) is 16.6. The maximum atomic E-state index is 13.0. The van der Waals surface area contributed by atoms with Crippen LogP contribution in [-0.4, -0.2) is 60.6 Å². The molecule has 5 nitrogen and oxygen atoms in total. The molecule has 0 bridgehead atoms. The van der Waals surface area contributed by atoms with Crippen LogP contribution in [0.4, 0.5) is 5.69 Å². The topological polar surface area (TPSA) is 47.0 Å². The van der Waals surface area contributed by atoms with Crippen molar-refractivity contribution in [3.63, 3.8) is 0 Å². The van der Waals surface area contributed by atoms with Gasteiger partial charge in [0.1, 0.15) is 5.75 Å². The van der Waals surface area contributed by atoms with E-state index in [4.69, 9.17) is 0 Å². The summed E-state index contributed by atoms with van der Waals surface area (Å²) in [5.74, 6) is 0.514. The lowest BCUT2D eigenvalue weighted by atomic mass is 9.87. The Labute approximate surface area is 167 Å². The second-order valence-corrected chi connectivity index (χ2v) is 7.86. The summed E-state index contributed by atoms with van der Waals surface area (Å²) in [6, 6.07) is 16.2. The number of piperazine rings is 1. The van der Waals surface area contributed by atoms with E-state index < -0.39 is 0 Å². The summed E-state index contributed by atoms with van der Waals surface area (Å²) in [6.45, 7) is 3.76. The predicted octanol–water partition coefficient (Wildman–Crippen LogP) is 3.05. The van der Waals surface area contributed by atoms with Crippen LogP contribution in [0, 0.1) is 0 Å². The van der Waals surface area contributed by atoms with Crippen LogP contribution in [0.15, 0.2) is 48.5 Å². The van der Waals surface area contributed by atoms with Crippen LogP contribution in [0.2, 0.25) is 0 Å². The molecule has 2 aliphatic rings. The third-order valence-electron chi connectivity index (χ3n) is 6.15. The lowest BCUT2D eigenvalue weighted by molar-refractivity contribution is -0.133. The number of hydrogen-bond acceptors (Lipinski definition) is 4. The first kappa shape index (κ1) is 18.8. The van der Waals surface area contributed by atoms with E-state index in [1.807, 2.05) is 30.1 Å². The van der Waals surface area contributed by atoms with Gasteiger partial charge in [-0.2, -0.15) is 0 Å². The molecule has 0 aromatic heterocycles. The Hall–Kier alpha value is -2.53. The van der Waals surface area contributed by atoms with Crippen molar-refractivity contribution in [2.24, 2.45) is 0 Å². The van der Waals surface area contributed by atoms with E-state index in [-0.39, 0.29) is 11.9 Å². The van der Waals surface area contributed by atoms with E-state index in [1.165, 1.54) is 11.1 Å². The van der Waals surface area contributed by atoms with Gasteiger partial charge in [0.25, 0.3) is 0 Å². The number of fused-ring (bicyclic) bond motifs is 1. The van der Waals surface area contributed by atoms with Crippen LogP contribution in [0.3, 0.4) is 0 Å². The maximum absolute atomic E-state index is 13.0. The summed E-state index contributed by atoms with van der Waals surface area (Å²) >= 11 is 0. The van der Waals surface area contributed by atoms with Gasteiger partial charge in [-0.1, -0.05) is 36.4 Å². The van der Waals surface area contributed by atoms with Crippen molar-refractivity contribution in [1.29, 1.82) is 0 Å². The highest BCUT2D eigenvalue weighted by molar-refractivity contribution is 5.78. The number of phenolic OH excluding ortho intramolecular Hbond substituents is 1. The fourth-order valence-corrected chi connectivity index (χ4v) is 4.49. The molecule has 1 atom stereocenters. The molecule has 2 aromatic rings. The van der Waals surface area contributed by atoms with Gasteiger partial charge in [-0.05, 0) is 42.5 Å². The van der Waals surface area contributed by atoms with Gasteiger partial charge in [0.05, 0.1) is 18.3 Å². The number of carbonyl (C=O) groups excluding carboxylic acids is 1. The van der Waals surface area contributed by atoms with Crippen molar-refractivity contribution in [1.82, 2.24) is 9.80 Å². The quantitative estimate of drug-likeness (QED) is 0.887. The molecule has 28 heavy (non-hydrogen) atoms. The van der Waals surface area contributed by atoms with Crippen LogP contribution in [0.1, 0.15) is 30.0 Å². The lowest BCUT2D eigenvalue weighted by Gasteiger charge is -2.38. The van der Waals surface area contributed by atoms with Gasteiger partial charge in [0, 0.05) is 33.2 Å². The number of carbonyl (C=O) groups is 1. The first-order valence-corrected chi connectivity index (χ1v) is 10.2. The van der Waals surface area contributed by atoms with Crippen molar-refractivity contribution < 1.29 is 9.90 Å². The van der Waals surface area contributed by atoms with E-state index >= 15 is 0 Å². The first-order chi connectivity index (χ1) is 13.6. The van der Waals surface area contributed by atoms with Gasteiger partial charge in [-0.25, -0.2) is 0 Å². The van der Waals surface area contributed by atoms with Crippen molar-refractivity contribution in [3.05, 3.63) is 59.7 Å². The van der Waals surface area contributed by atoms with Crippen LogP contribution in [0.5, 0.6) is 5.75 Å². The highest BCUT2D eigenvalue weighted by Crippen LogP contribution is 2.33. The zero-order valence-electron chi connectivity index (χ0n) is 16.6. The highest BCUT2D eigenvalue weighted by atomic mass is 16.3. The van der Waals surface area contributed by atoms with Gasteiger partial charge in [0.2, 0.25) is 5.91 Å². The molecule has 0 spiro atoms. The molecule has 1 saturated heterocycles. The van der Waals surface area contributed by atoms with Gasteiger partial charge < -0.3 is 14.9 Å². The Morgan fingerprint density at radius 1 is 1.07 bits per heavy atom. The molecule has 1 heterocycles. The summed E-state index contributed by atoms with van der Waals surface area (Å²) in [5, 5.41) is 10.1. The maximum Gasteiger partial charge on any atom is 0.237 e. The highest BCUT2D eigenvalue weighted by Gasteiger charge is 2.28. The number of anilines is 1. The molecule has 148 valence electrons. The predicted molar refractivity (Wildman–Crippen MR) is 112 cm³/mol. The van der Waals surface area contributed by atoms with Gasteiger partial charge in [-0.15, -0.1) is 0 Å². The number of para-hydroxylation sites is 2. The molecule has 0 saturated carbocycles. The smallest absolute Gasteiger partial charge is 0.237 e. The van der Waals surface area contributed by atoms with E-state index in [2.05, 4.69) is 34.1 Å². The molecule has 5 heteroatoms. The van der Waals surface area contributed by atoms with Crippen molar-refractivity contribution >= 4 is 11.6 Å². The molecule has 1 fully saturated rings. The number of likely N-dealkylation sites (N-methyl/N-ethyl adjacent to an activating group) is 1. The molecular formula is C23H29N3O2. The van der Waals surface area contributed by atoms with E-state index in [0.29, 0.717) is 12.3 Å². The summed E-state index contributed by atoms with van der Waals surface area (Å²) in [6.07, 6.45) is 3.29. The van der Waals surface area contributed by atoms with Crippen LogP contribution in [-0.2, 0) is 11.2 Å². The Morgan fingerprint density at radius 3 is 2.57 bits per heavy atom. The molecule has 1 amide bonds. The normalized spacial score (nSPS) is 19.9. The Balaban J connectivity index is 1.34. The van der Waals surface area contributed by atoms with Crippen LogP contribution < -0.4 is 4.90 Å². The van der Waals surface area contributed by atoms with Crippen molar-refractivity contribution in [2.45, 2.75) is 25.3 Å². The number of rotatable bonds is 4. The summed E-state index contributed by atoms with van der Waals surface area (Å²) < 4.78 is 0. The minimum absolute atomic E-state index is 0.192. The number of amides is 1. The van der Waals surface area contributed by atoms with Gasteiger partial charge in [0.15, 0.2) is 0 Å². The number of hydrogen-bond donors (Lipinski definition) is 1. The third-order valence-corrected chi connectivity index (χ3v) is 6.15. The minimum atomic E-state index is 0.192. The van der Waals surface area contributed by atoms with E-state index in [1.54, 1.807) is 6.07 Å². The number of nitrogens with zero attached hydrogens (tertiary/aromatic N) is 3. The monoisotopic (exact) mass is 379 g/mol. The number of aryl methyl sites for hydroxylation is 1. The Morgan fingerprint density at radius 2 is 1.79 bits per heavy atom. The summed E-state index contributed by atoms with van der Waals surface area (Å²) in [7, 11) is 1.95. The summed E-state index contributed by atoms with van der Waals surface area (Å²) in [4.78, 5) is 19.3. The van der Waals surface area contributed by atoms with Crippen LogP contribution in [0.25, 0.3) is 0 Å². The summed E-state index contributed by atoms with van der Waals surface area (Å²) in [5.41, 5.74) is 3.58. The fraction of sp³-hybridized carbons (Fsp3) is 0.435. The molecule has 0 radical (unpaired) electrons. The van der Waals surface area contributed by atoms with E-state index in [9.17, 15) is 9.90 Å². The zero-order chi connectivity index (χ0) is 19.5. The third kappa shape index (κ3) is 3.85. The average molecular weight is 380 g/mol. The molecule has 1 aliphatic carbocycles. The van der Waals surface area contributed by atoms with Gasteiger partial charge >= 0.3 is 0 Å². The molecule has 1 N–H and O–H groups in total. The fourth-order valence-electron chi connectivity index (χ4n) is 4.49. The molecule has 1 aliphatic heterocycles. The Kier molecular flexibility index (Phi) is 5.53. The average Bonchev–Trinajstić information content (AvgIpc) is 2.74.